The van der Waals surface area contributed by atoms with Crippen molar-refractivity contribution in [2.24, 2.45) is 4.99 Å². The summed E-state index contributed by atoms with van der Waals surface area (Å²) in [7, 11) is 5.06. The van der Waals surface area contributed by atoms with Crippen molar-refractivity contribution in [3.05, 3.63) is 58.1 Å². The number of rotatable bonds is 7. The minimum absolute atomic E-state index is 0. The summed E-state index contributed by atoms with van der Waals surface area (Å²) < 4.78 is 11.7. The molecule has 0 aliphatic rings. The fraction of sp³-hybridized carbons (Fsp3) is 0.316. The van der Waals surface area contributed by atoms with Gasteiger partial charge in [-0.05, 0) is 41.8 Å². The summed E-state index contributed by atoms with van der Waals surface area (Å²) in [4.78, 5) is 4.25. The Morgan fingerprint density at radius 1 is 0.962 bits per heavy atom. The van der Waals surface area contributed by atoms with Gasteiger partial charge in [-0.2, -0.15) is 0 Å². The van der Waals surface area contributed by atoms with Crippen LogP contribution in [0, 0.1) is 0 Å². The SMILES string of the molecule is CN=C(NCCc1ccc(OC)c(OC)c1)NCc1ccc(Br)cc1.I. The highest BCUT2D eigenvalue weighted by molar-refractivity contribution is 14.0. The Hall–Kier alpha value is -1.48. The van der Waals surface area contributed by atoms with Crippen molar-refractivity contribution in [3.8, 4) is 11.5 Å². The van der Waals surface area contributed by atoms with E-state index in [9.17, 15) is 0 Å². The highest BCUT2D eigenvalue weighted by Crippen LogP contribution is 2.27. The van der Waals surface area contributed by atoms with Crippen LogP contribution in [0.1, 0.15) is 11.1 Å². The zero-order valence-corrected chi connectivity index (χ0v) is 19.1. The number of methoxy groups -OCH3 is 2. The lowest BCUT2D eigenvalue weighted by molar-refractivity contribution is 0.354. The molecule has 7 heteroatoms. The number of halogens is 2. The van der Waals surface area contributed by atoms with Crippen LogP contribution in [0.3, 0.4) is 0 Å². The largest absolute Gasteiger partial charge is 0.493 e. The van der Waals surface area contributed by atoms with Crippen molar-refractivity contribution in [2.75, 3.05) is 27.8 Å². The van der Waals surface area contributed by atoms with E-state index >= 15 is 0 Å². The van der Waals surface area contributed by atoms with Crippen molar-refractivity contribution >= 4 is 45.9 Å². The molecule has 2 N–H and O–H groups in total. The maximum atomic E-state index is 5.34. The van der Waals surface area contributed by atoms with Gasteiger partial charge in [-0.15, -0.1) is 24.0 Å². The van der Waals surface area contributed by atoms with E-state index in [-0.39, 0.29) is 24.0 Å². The second-order valence-corrected chi connectivity index (χ2v) is 6.33. The van der Waals surface area contributed by atoms with E-state index in [4.69, 9.17) is 9.47 Å². The third kappa shape index (κ3) is 7.03. The molecule has 0 amide bonds. The van der Waals surface area contributed by atoms with E-state index in [1.807, 2.05) is 30.3 Å². The number of hydrogen-bond acceptors (Lipinski definition) is 3. The average molecular weight is 534 g/mol. The Bertz CT molecular complexity index is 708. The van der Waals surface area contributed by atoms with E-state index < -0.39 is 0 Å². The Balaban J connectivity index is 0.00000338. The number of nitrogens with zero attached hydrogens (tertiary/aromatic N) is 1. The van der Waals surface area contributed by atoms with Crippen LogP contribution in [-0.2, 0) is 13.0 Å². The van der Waals surface area contributed by atoms with Gasteiger partial charge in [0.25, 0.3) is 0 Å². The summed E-state index contributed by atoms with van der Waals surface area (Å²) in [6.07, 6.45) is 0.860. The Morgan fingerprint density at radius 3 is 2.23 bits per heavy atom. The maximum Gasteiger partial charge on any atom is 0.191 e. The molecular weight excluding hydrogens is 509 g/mol. The van der Waals surface area contributed by atoms with Crippen LogP contribution >= 0.6 is 39.9 Å². The van der Waals surface area contributed by atoms with E-state index in [0.29, 0.717) is 0 Å². The molecule has 0 saturated carbocycles. The van der Waals surface area contributed by atoms with Crippen LogP contribution < -0.4 is 20.1 Å². The Labute approximate surface area is 180 Å². The third-order valence-corrected chi connectivity index (χ3v) is 4.28. The van der Waals surface area contributed by atoms with E-state index in [0.717, 1.165) is 41.4 Å². The van der Waals surface area contributed by atoms with Gasteiger partial charge in [0.2, 0.25) is 0 Å². The molecular formula is C19H25BrIN3O2. The fourth-order valence-electron chi connectivity index (χ4n) is 2.37. The fourth-order valence-corrected chi connectivity index (χ4v) is 2.63. The lowest BCUT2D eigenvalue weighted by Crippen LogP contribution is -2.37. The van der Waals surface area contributed by atoms with Crippen molar-refractivity contribution in [2.45, 2.75) is 13.0 Å². The molecule has 5 nitrogen and oxygen atoms in total. The van der Waals surface area contributed by atoms with Crippen LogP contribution in [-0.4, -0.2) is 33.8 Å². The number of ether oxygens (including phenoxy) is 2. The first-order valence-electron chi connectivity index (χ1n) is 8.06. The minimum Gasteiger partial charge on any atom is -0.493 e. The molecule has 0 atom stereocenters. The first-order chi connectivity index (χ1) is 12.2. The zero-order chi connectivity index (χ0) is 18.1. The molecule has 0 saturated heterocycles. The van der Waals surface area contributed by atoms with Crippen LogP contribution in [0.25, 0.3) is 0 Å². The molecule has 0 unspecified atom stereocenters. The minimum atomic E-state index is 0. The summed E-state index contributed by atoms with van der Waals surface area (Å²) in [5.41, 5.74) is 2.37. The Kier molecular flexibility index (Phi) is 10.4. The lowest BCUT2D eigenvalue weighted by atomic mass is 10.1. The normalized spacial score (nSPS) is 10.7. The number of benzene rings is 2. The second-order valence-electron chi connectivity index (χ2n) is 5.42. The number of aliphatic imine (C=N–C) groups is 1. The molecule has 0 aliphatic carbocycles. The summed E-state index contributed by atoms with van der Waals surface area (Å²) in [5, 5.41) is 6.63. The van der Waals surface area contributed by atoms with Gasteiger partial charge in [0, 0.05) is 24.6 Å². The quantitative estimate of drug-likeness (QED) is 0.321. The van der Waals surface area contributed by atoms with E-state index in [1.165, 1.54) is 11.1 Å². The van der Waals surface area contributed by atoms with Gasteiger partial charge in [0.1, 0.15) is 0 Å². The van der Waals surface area contributed by atoms with Crippen molar-refractivity contribution in [1.82, 2.24) is 10.6 Å². The van der Waals surface area contributed by atoms with Crippen molar-refractivity contribution in [1.29, 1.82) is 0 Å². The Morgan fingerprint density at radius 2 is 1.62 bits per heavy atom. The monoisotopic (exact) mass is 533 g/mol. The van der Waals surface area contributed by atoms with Gasteiger partial charge in [-0.25, -0.2) is 0 Å². The van der Waals surface area contributed by atoms with Gasteiger partial charge in [0.05, 0.1) is 14.2 Å². The molecule has 0 bridgehead atoms. The molecule has 2 rings (SSSR count). The van der Waals surface area contributed by atoms with Crippen molar-refractivity contribution in [3.63, 3.8) is 0 Å². The second kappa shape index (κ2) is 12.0. The van der Waals surface area contributed by atoms with Crippen LogP contribution in [0.2, 0.25) is 0 Å². The predicted molar refractivity (Wildman–Crippen MR) is 121 cm³/mol. The molecule has 0 spiro atoms. The number of hydrogen-bond donors (Lipinski definition) is 2. The molecule has 26 heavy (non-hydrogen) atoms. The summed E-state index contributed by atoms with van der Waals surface area (Å²) in [6.45, 7) is 1.50. The molecule has 0 aliphatic heterocycles. The molecule has 0 fully saturated rings. The van der Waals surface area contributed by atoms with Gasteiger partial charge in [-0.3, -0.25) is 4.99 Å². The first-order valence-corrected chi connectivity index (χ1v) is 8.85. The predicted octanol–water partition coefficient (Wildman–Crippen LogP) is 3.99. The van der Waals surface area contributed by atoms with Crippen LogP contribution in [0.15, 0.2) is 51.9 Å². The summed E-state index contributed by atoms with van der Waals surface area (Å²) >= 11 is 3.44. The highest BCUT2D eigenvalue weighted by atomic mass is 127. The molecule has 0 aromatic heterocycles. The summed E-state index contributed by atoms with van der Waals surface area (Å²) in [5.74, 6) is 2.27. The molecule has 0 heterocycles. The smallest absolute Gasteiger partial charge is 0.191 e. The van der Waals surface area contributed by atoms with Crippen molar-refractivity contribution < 1.29 is 9.47 Å². The number of nitrogens with one attached hydrogen (secondary N) is 2. The molecule has 2 aromatic rings. The molecule has 142 valence electrons. The highest BCUT2D eigenvalue weighted by Gasteiger charge is 2.05. The molecule has 0 radical (unpaired) electrons. The summed E-state index contributed by atoms with van der Waals surface area (Å²) in [6, 6.07) is 14.2. The first kappa shape index (κ1) is 22.6. The van der Waals surface area contributed by atoms with Crippen LogP contribution in [0.4, 0.5) is 0 Å². The zero-order valence-electron chi connectivity index (χ0n) is 15.2. The van der Waals surface area contributed by atoms with Gasteiger partial charge in [0.15, 0.2) is 17.5 Å². The van der Waals surface area contributed by atoms with E-state index in [2.05, 4.69) is 43.7 Å². The lowest BCUT2D eigenvalue weighted by Gasteiger charge is -2.13. The van der Waals surface area contributed by atoms with E-state index in [1.54, 1.807) is 21.3 Å². The third-order valence-electron chi connectivity index (χ3n) is 3.75. The number of guanidine groups is 1. The standard InChI is InChI=1S/C19H24BrN3O2.HI/c1-21-19(23-13-15-4-7-16(20)8-5-15)22-11-10-14-6-9-17(24-2)18(12-14)25-3;/h4-9,12H,10-11,13H2,1-3H3,(H2,21,22,23);1H. The molecule has 2 aromatic carbocycles. The van der Waals surface area contributed by atoms with Gasteiger partial charge < -0.3 is 20.1 Å². The topological polar surface area (TPSA) is 54.9 Å². The van der Waals surface area contributed by atoms with Crippen LogP contribution in [0.5, 0.6) is 11.5 Å². The maximum absolute atomic E-state index is 5.34. The van der Waals surface area contributed by atoms with Gasteiger partial charge in [-0.1, -0.05) is 34.1 Å². The average Bonchev–Trinajstić information content (AvgIpc) is 2.65. The van der Waals surface area contributed by atoms with Gasteiger partial charge >= 0.3 is 0 Å².